The van der Waals surface area contributed by atoms with Gasteiger partial charge in [-0.1, -0.05) is 43.0 Å². The molecule has 2 rings (SSSR count). The van der Waals surface area contributed by atoms with Gasteiger partial charge in [-0.05, 0) is 37.0 Å². The number of esters is 1. The van der Waals surface area contributed by atoms with Crippen molar-refractivity contribution in [3.05, 3.63) is 33.8 Å². The van der Waals surface area contributed by atoms with Gasteiger partial charge in [0.05, 0.1) is 10.6 Å². The average molecular weight is 401 g/mol. The molecule has 6 nitrogen and oxygen atoms in total. The van der Waals surface area contributed by atoms with Crippen LogP contribution >= 0.6 is 23.2 Å². The maximum Gasteiger partial charge on any atom is 0.325 e. The minimum atomic E-state index is -0.699. The molecule has 1 aromatic carbocycles. The lowest BCUT2D eigenvalue weighted by molar-refractivity contribution is -0.147. The summed E-state index contributed by atoms with van der Waals surface area (Å²) in [6.45, 7) is 1.39. The summed E-state index contributed by atoms with van der Waals surface area (Å²) in [5.41, 5.74) is 0.202. The first-order valence-corrected chi connectivity index (χ1v) is 9.30. The summed E-state index contributed by atoms with van der Waals surface area (Å²) in [5.74, 6) is -1.13. The second-order valence-electron chi connectivity index (χ2n) is 6.40. The largest absolute Gasteiger partial charge is 0.454 e. The van der Waals surface area contributed by atoms with E-state index in [2.05, 4.69) is 17.6 Å². The van der Waals surface area contributed by atoms with E-state index in [1.165, 1.54) is 24.6 Å². The predicted molar refractivity (Wildman–Crippen MR) is 99.3 cm³/mol. The Morgan fingerprint density at radius 1 is 1.19 bits per heavy atom. The first-order chi connectivity index (χ1) is 12.4. The predicted octanol–water partition coefficient (Wildman–Crippen LogP) is 2.96. The Balaban J connectivity index is 1.71. The van der Waals surface area contributed by atoms with Crippen molar-refractivity contribution in [2.45, 2.75) is 38.6 Å². The monoisotopic (exact) mass is 400 g/mol. The third kappa shape index (κ3) is 6.18. The van der Waals surface area contributed by atoms with Crippen LogP contribution in [0.2, 0.25) is 10.0 Å². The van der Waals surface area contributed by atoms with Crippen LogP contribution < -0.4 is 10.6 Å². The van der Waals surface area contributed by atoms with E-state index in [4.69, 9.17) is 27.9 Å². The highest BCUT2D eigenvalue weighted by Gasteiger charge is 2.23. The smallest absolute Gasteiger partial charge is 0.325 e. The van der Waals surface area contributed by atoms with Crippen molar-refractivity contribution >= 4 is 41.0 Å². The molecule has 1 aliphatic rings. The fourth-order valence-corrected chi connectivity index (χ4v) is 3.39. The van der Waals surface area contributed by atoms with E-state index in [0.29, 0.717) is 10.9 Å². The maximum atomic E-state index is 12.0. The fourth-order valence-electron chi connectivity index (χ4n) is 2.90. The molecule has 0 bridgehead atoms. The Morgan fingerprint density at radius 2 is 1.92 bits per heavy atom. The molecule has 0 spiro atoms. The second-order valence-corrected chi connectivity index (χ2v) is 7.25. The molecule has 2 N–H and O–H groups in total. The summed E-state index contributed by atoms with van der Waals surface area (Å²) in [7, 11) is 0. The highest BCUT2D eigenvalue weighted by molar-refractivity contribution is 6.36. The van der Waals surface area contributed by atoms with Crippen molar-refractivity contribution in [2.24, 2.45) is 5.92 Å². The number of amides is 2. The van der Waals surface area contributed by atoms with E-state index in [9.17, 15) is 14.4 Å². The maximum absolute atomic E-state index is 12.0. The van der Waals surface area contributed by atoms with Gasteiger partial charge >= 0.3 is 5.97 Å². The van der Waals surface area contributed by atoms with Gasteiger partial charge in [-0.25, -0.2) is 0 Å². The number of hydrogen-bond donors (Lipinski definition) is 2. The van der Waals surface area contributed by atoms with E-state index in [1.807, 2.05) is 0 Å². The standard InChI is InChI=1S/C18H22Cl2N2O4/c1-11-4-2-3-5-15(11)22-16(23)10-26-17(24)9-21-18(25)13-7-6-12(19)8-14(13)20/h6-8,11,15H,2-5,9-10H2,1H3,(H,21,25)(H,22,23). The molecular weight excluding hydrogens is 379 g/mol. The number of ether oxygens (including phenoxy) is 1. The summed E-state index contributed by atoms with van der Waals surface area (Å²) in [6, 6.07) is 4.55. The van der Waals surface area contributed by atoms with Crippen LogP contribution in [0.4, 0.5) is 0 Å². The summed E-state index contributed by atoms with van der Waals surface area (Å²) >= 11 is 11.7. The summed E-state index contributed by atoms with van der Waals surface area (Å²) in [5, 5.41) is 5.88. The van der Waals surface area contributed by atoms with Gasteiger partial charge in [0.25, 0.3) is 11.8 Å². The van der Waals surface area contributed by atoms with Crippen LogP contribution in [0.25, 0.3) is 0 Å². The van der Waals surface area contributed by atoms with Crippen LogP contribution in [0.3, 0.4) is 0 Å². The Bertz CT molecular complexity index is 681. The molecule has 0 saturated heterocycles. The number of nitrogens with one attached hydrogen (secondary N) is 2. The third-order valence-corrected chi connectivity index (χ3v) is 4.94. The molecule has 2 amide bonds. The van der Waals surface area contributed by atoms with E-state index in [0.717, 1.165) is 19.3 Å². The van der Waals surface area contributed by atoms with E-state index < -0.39 is 11.9 Å². The van der Waals surface area contributed by atoms with Crippen LogP contribution in [0.15, 0.2) is 18.2 Å². The first-order valence-electron chi connectivity index (χ1n) is 8.55. The lowest BCUT2D eigenvalue weighted by atomic mass is 9.86. The number of halogens is 2. The minimum absolute atomic E-state index is 0.127. The lowest BCUT2D eigenvalue weighted by Gasteiger charge is -2.29. The van der Waals surface area contributed by atoms with Crippen molar-refractivity contribution in [1.82, 2.24) is 10.6 Å². The molecule has 1 aromatic rings. The van der Waals surface area contributed by atoms with Crippen LogP contribution in [0.5, 0.6) is 0 Å². The number of carbonyl (C=O) groups excluding carboxylic acids is 3. The van der Waals surface area contributed by atoms with Gasteiger partial charge in [0.15, 0.2) is 6.61 Å². The number of rotatable bonds is 6. The summed E-state index contributed by atoms with van der Waals surface area (Å²) in [6.07, 6.45) is 4.30. The van der Waals surface area contributed by atoms with E-state index in [-0.39, 0.29) is 35.7 Å². The normalized spacial score (nSPS) is 19.5. The molecule has 8 heteroatoms. The molecule has 0 aromatic heterocycles. The summed E-state index contributed by atoms with van der Waals surface area (Å²) < 4.78 is 4.90. The van der Waals surface area contributed by atoms with Gasteiger partial charge in [0.2, 0.25) is 0 Å². The van der Waals surface area contributed by atoms with Crippen molar-refractivity contribution in [1.29, 1.82) is 0 Å². The van der Waals surface area contributed by atoms with Crippen molar-refractivity contribution in [3.8, 4) is 0 Å². The molecule has 1 fully saturated rings. The molecule has 26 heavy (non-hydrogen) atoms. The SMILES string of the molecule is CC1CCCCC1NC(=O)COC(=O)CNC(=O)c1ccc(Cl)cc1Cl. The Labute approximate surface area is 162 Å². The van der Waals surface area contributed by atoms with Crippen LogP contribution in [-0.2, 0) is 14.3 Å². The molecule has 1 saturated carbocycles. The molecule has 2 atom stereocenters. The van der Waals surface area contributed by atoms with E-state index >= 15 is 0 Å². The van der Waals surface area contributed by atoms with Gasteiger partial charge in [0, 0.05) is 11.1 Å². The minimum Gasteiger partial charge on any atom is -0.454 e. The average Bonchev–Trinajstić information content (AvgIpc) is 2.60. The van der Waals surface area contributed by atoms with Crippen molar-refractivity contribution in [2.75, 3.05) is 13.2 Å². The van der Waals surface area contributed by atoms with Gasteiger partial charge in [0.1, 0.15) is 6.54 Å². The molecular formula is C18H22Cl2N2O4. The second kappa shape index (κ2) is 9.78. The molecule has 0 aliphatic heterocycles. The van der Waals surface area contributed by atoms with Crippen LogP contribution in [0.1, 0.15) is 43.0 Å². The lowest BCUT2D eigenvalue weighted by Crippen LogP contribution is -2.43. The first kappa shape index (κ1) is 20.5. The highest BCUT2D eigenvalue weighted by atomic mass is 35.5. The number of benzene rings is 1. The van der Waals surface area contributed by atoms with Gasteiger partial charge in [-0.2, -0.15) is 0 Å². The summed E-state index contributed by atoms with van der Waals surface area (Å²) in [4.78, 5) is 35.6. The Kier molecular flexibility index (Phi) is 7.72. The molecule has 0 heterocycles. The van der Waals surface area contributed by atoms with Crippen LogP contribution in [0, 0.1) is 5.92 Å². The highest BCUT2D eigenvalue weighted by Crippen LogP contribution is 2.23. The van der Waals surface area contributed by atoms with Gasteiger partial charge in [-0.15, -0.1) is 0 Å². The third-order valence-electron chi connectivity index (χ3n) is 4.39. The molecule has 2 unspecified atom stereocenters. The Morgan fingerprint density at radius 3 is 2.62 bits per heavy atom. The van der Waals surface area contributed by atoms with Crippen molar-refractivity contribution < 1.29 is 19.1 Å². The molecule has 142 valence electrons. The van der Waals surface area contributed by atoms with Gasteiger partial charge in [-0.3, -0.25) is 14.4 Å². The molecule has 1 aliphatic carbocycles. The topological polar surface area (TPSA) is 84.5 Å². The van der Waals surface area contributed by atoms with Crippen molar-refractivity contribution in [3.63, 3.8) is 0 Å². The zero-order valence-corrected chi connectivity index (χ0v) is 16.0. The number of carbonyl (C=O) groups is 3. The number of hydrogen-bond acceptors (Lipinski definition) is 4. The quantitative estimate of drug-likeness (QED) is 0.718. The molecule has 0 radical (unpaired) electrons. The van der Waals surface area contributed by atoms with E-state index in [1.54, 1.807) is 0 Å². The zero-order chi connectivity index (χ0) is 19.1. The van der Waals surface area contributed by atoms with Gasteiger partial charge < -0.3 is 15.4 Å². The van der Waals surface area contributed by atoms with Crippen LogP contribution in [-0.4, -0.2) is 37.0 Å². The Hall–Kier alpha value is -1.79. The fraction of sp³-hybridized carbons (Fsp3) is 0.500. The zero-order valence-electron chi connectivity index (χ0n) is 14.5.